The minimum atomic E-state index is 0.194. The van der Waals surface area contributed by atoms with Gasteiger partial charge in [-0.1, -0.05) is 28.1 Å². The van der Waals surface area contributed by atoms with Gasteiger partial charge in [-0.3, -0.25) is 0 Å². The van der Waals surface area contributed by atoms with E-state index < -0.39 is 0 Å². The summed E-state index contributed by atoms with van der Waals surface area (Å²) in [5, 5.41) is 12.9. The second-order valence-electron chi connectivity index (χ2n) is 4.87. The van der Waals surface area contributed by atoms with Crippen molar-refractivity contribution in [2.75, 3.05) is 5.32 Å². The Balaban J connectivity index is 2.24. The average molecular weight is 320 g/mol. The van der Waals surface area contributed by atoms with Crippen molar-refractivity contribution in [2.45, 2.75) is 26.8 Å². The first-order chi connectivity index (χ1) is 8.97. The van der Waals surface area contributed by atoms with Crippen LogP contribution in [-0.2, 0) is 0 Å². The van der Waals surface area contributed by atoms with Gasteiger partial charge in [0.2, 0.25) is 0 Å². The number of phenols is 1. The largest absolute Gasteiger partial charge is 0.508 e. The van der Waals surface area contributed by atoms with Crippen molar-refractivity contribution in [1.82, 2.24) is 0 Å². The average Bonchev–Trinajstić information content (AvgIpc) is 2.34. The second kappa shape index (κ2) is 5.66. The molecule has 2 aromatic rings. The third-order valence-corrected chi connectivity index (χ3v) is 3.71. The van der Waals surface area contributed by atoms with E-state index in [-0.39, 0.29) is 6.04 Å². The first-order valence-corrected chi connectivity index (χ1v) is 7.09. The van der Waals surface area contributed by atoms with Crippen LogP contribution in [-0.4, -0.2) is 5.11 Å². The highest BCUT2D eigenvalue weighted by atomic mass is 79.9. The zero-order valence-electron chi connectivity index (χ0n) is 11.4. The summed E-state index contributed by atoms with van der Waals surface area (Å²) < 4.78 is 1.10. The SMILES string of the molecule is Cc1cc(Br)cc(C)c1NC(C)c1ccc(O)cc1. The molecular weight excluding hydrogens is 302 g/mol. The fourth-order valence-corrected chi connectivity index (χ4v) is 2.89. The Morgan fingerprint density at radius 3 is 2.11 bits per heavy atom. The Morgan fingerprint density at radius 1 is 1.05 bits per heavy atom. The Kier molecular flexibility index (Phi) is 4.15. The number of hydrogen-bond acceptors (Lipinski definition) is 2. The molecule has 2 rings (SSSR count). The van der Waals surface area contributed by atoms with Crippen molar-refractivity contribution in [1.29, 1.82) is 0 Å². The summed E-state index contributed by atoms with van der Waals surface area (Å²) in [6.07, 6.45) is 0. The van der Waals surface area contributed by atoms with Gasteiger partial charge in [-0.25, -0.2) is 0 Å². The summed E-state index contributed by atoms with van der Waals surface area (Å²) in [6, 6.07) is 11.7. The van der Waals surface area contributed by atoms with Crippen LogP contribution in [0.3, 0.4) is 0 Å². The van der Waals surface area contributed by atoms with Crippen LogP contribution in [0.15, 0.2) is 40.9 Å². The molecule has 0 saturated heterocycles. The fourth-order valence-electron chi connectivity index (χ4n) is 2.20. The molecule has 2 N–H and O–H groups in total. The molecule has 2 nitrogen and oxygen atoms in total. The summed E-state index contributed by atoms with van der Waals surface area (Å²) >= 11 is 3.51. The van der Waals surface area contributed by atoms with Crippen molar-refractivity contribution in [3.63, 3.8) is 0 Å². The van der Waals surface area contributed by atoms with Crippen LogP contribution in [0.2, 0.25) is 0 Å². The monoisotopic (exact) mass is 319 g/mol. The zero-order valence-corrected chi connectivity index (χ0v) is 13.0. The highest BCUT2D eigenvalue weighted by Gasteiger charge is 2.09. The van der Waals surface area contributed by atoms with Gasteiger partial charge in [0, 0.05) is 16.2 Å². The maximum atomic E-state index is 9.32. The van der Waals surface area contributed by atoms with Crippen LogP contribution in [0.5, 0.6) is 5.75 Å². The van der Waals surface area contributed by atoms with Crippen molar-refractivity contribution in [3.8, 4) is 5.75 Å². The highest BCUT2D eigenvalue weighted by Crippen LogP contribution is 2.29. The quantitative estimate of drug-likeness (QED) is 0.839. The van der Waals surface area contributed by atoms with Crippen LogP contribution in [0.4, 0.5) is 5.69 Å². The number of anilines is 1. The number of nitrogens with one attached hydrogen (secondary N) is 1. The van der Waals surface area contributed by atoms with Crippen LogP contribution < -0.4 is 5.32 Å². The Hall–Kier alpha value is -1.48. The molecular formula is C16H18BrNO. The standard InChI is InChI=1S/C16H18BrNO/c1-10-8-14(17)9-11(2)16(10)18-12(3)13-4-6-15(19)7-5-13/h4-9,12,18-19H,1-3H3. The number of phenolic OH excluding ortho intramolecular Hbond substituents is 1. The zero-order chi connectivity index (χ0) is 14.0. The molecule has 100 valence electrons. The van der Waals surface area contributed by atoms with E-state index in [1.807, 2.05) is 12.1 Å². The van der Waals surface area contributed by atoms with Gasteiger partial charge in [0.15, 0.2) is 0 Å². The van der Waals surface area contributed by atoms with Gasteiger partial charge >= 0.3 is 0 Å². The summed E-state index contributed by atoms with van der Waals surface area (Å²) in [6.45, 7) is 6.32. The lowest BCUT2D eigenvalue weighted by molar-refractivity contribution is 0.475. The molecule has 2 aromatic carbocycles. The number of aromatic hydroxyl groups is 1. The first-order valence-electron chi connectivity index (χ1n) is 6.29. The lowest BCUT2D eigenvalue weighted by atomic mass is 10.0. The minimum Gasteiger partial charge on any atom is -0.508 e. The molecule has 1 unspecified atom stereocenters. The predicted octanol–water partition coefficient (Wildman–Crippen LogP) is 4.94. The predicted molar refractivity (Wildman–Crippen MR) is 83.8 cm³/mol. The lowest BCUT2D eigenvalue weighted by Gasteiger charge is -2.20. The summed E-state index contributed by atoms with van der Waals surface area (Å²) in [5.41, 5.74) is 4.76. The minimum absolute atomic E-state index is 0.194. The Bertz CT molecular complexity index is 555. The van der Waals surface area contributed by atoms with E-state index in [1.54, 1.807) is 12.1 Å². The number of halogens is 1. The lowest BCUT2D eigenvalue weighted by Crippen LogP contribution is -2.08. The molecule has 0 aliphatic rings. The van der Waals surface area contributed by atoms with Crippen LogP contribution in [0.25, 0.3) is 0 Å². The highest BCUT2D eigenvalue weighted by molar-refractivity contribution is 9.10. The number of aryl methyl sites for hydroxylation is 2. The van der Waals surface area contributed by atoms with Crippen molar-refractivity contribution >= 4 is 21.6 Å². The molecule has 0 radical (unpaired) electrons. The van der Waals surface area contributed by atoms with E-state index in [0.29, 0.717) is 5.75 Å². The third-order valence-electron chi connectivity index (χ3n) is 3.25. The van der Waals surface area contributed by atoms with Gasteiger partial charge < -0.3 is 10.4 Å². The summed E-state index contributed by atoms with van der Waals surface area (Å²) in [5.74, 6) is 0.298. The molecule has 0 fully saturated rings. The van der Waals surface area contributed by atoms with Crippen molar-refractivity contribution < 1.29 is 5.11 Å². The number of hydrogen-bond donors (Lipinski definition) is 2. The topological polar surface area (TPSA) is 32.3 Å². The molecule has 3 heteroatoms. The van der Waals surface area contributed by atoms with Crippen LogP contribution in [0.1, 0.15) is 29.7 Å². The Labute approximate surface area is 122 Å². The van der Waals surface area contributed by atoms with Crippen LogP contribution in [0, 0.1) is 13.8 Å². The Morgan fingerprint density at radius 2 is 1.58 bits per heavy atom. The van der Waals surface area contributed by atoms with Crippen LogP contribution >= 0.6 is 15.9 Å². The van der Waals surface area contributed by atoms with Gasteiger partial charge in [-0.05, 0) is 61.7 Å². The van der Waals surface area contributed by atoms with Gasteiger partial charge in [-0.15, -0.1) is 0 Å². The number of rotatable bonds is 3. The van der Waals surface area contributed by atoms with Crippen molar-refractivity contribution in [2.24, 2.45) is 0 Å². The van der Waals surface area contributed by atoms with Crippen molar-refractivity contribution in [3.05, 3.63) is 57.6 Å². The molecule has 0 heterocycles. The van der Waals surface area contributed by atoms with E-state index in [9.17, 15) is 5.11 Å². The molecule has 0 bridgehead atoms. The maximum Gasteiger partial charge on any atom is 0.115 e. The first kappa shape index (κ1) is 13.9. The van der Waals surface area contributed by atoms with Gasteiger partial charge in [0.1, 0.15) is 5.75 Å². The smallest absolute Gasteiger partial charge is 0.115 e. The van der Waals surface area contributed by atoms with E-state index in [4.69, 9.17) is 0 Å². The molecule has 0 amide bonds. The van der Waals surface area contributed by atoms with E-state index in [0.717, 1.165) is 10.0 Å². The van der Waals surface area contributed by atoms with E-state index >= 15 is 0 Å². The molecule has 0 saturated carbocycles. The van der Waals surface area contributed by atoms with E-state index in [2.05, 4.69) is 54.2 Å². The molecule has 0 aromatic heterocycles. The molecule has 0 aliphatic carbocycles. The fraction of sp³-hybridized carbons (Fsp3) is 0.250. The summed E-state index contributed by atoms with van der Waals surface area (Å²) in [4.78, 5) is 0. The third kappa shape index (κ3) is 3.29. The molecule has 0 aliphatic heterocycles. The van der Waals surface area contributed by atoms with Gasteiger partial charge in [0.25, 0.3) is 0 Å². The maximum absolute atomic E-state index is 9.32. The normalized spacial score (nSPS) is 12.2. The van der Waals surface area contributed by atoms with Gasteiger partial charge in [-0.2, -0.15) is 0 Å². The molecule has 19 heavy (non-hydrogen) atoms. The second-order valence-corrected chi connectivity index (χ2v) is 5.79. The number of benzene rings is 2. The summed E-state index contributed by atoms with van der Waals surface area (Å²) in [7, 11) is 0. The van der Waals surface area contributed by atoms with E-state index in [1.165, 1.54) is 16.8 Å². The molecule has 1 atom stereocenters. The van der Waals surface area contributed by atoms with Gasteiger partial charge in [0.05, 0.1) is 0 Å². The molecule has 0 spiro atoms.